The van der Waals surface area contributed by atoms with Gasteiger partial charge in [0.2, 0.25) is 5.88 Å². The van der Waals surface area contributed by atoms with Crippen LogP contribution in [0.5, 0.6) is 5.88 Å². The topological polar surface area (TPSA) is 63.5 Å². The first-order valence-corrected chi connectivity index (χ1v) is 8.48. The van der Waals surface area contributed by atoms with E-state index in [0.717, 1.165) is 41.4 Å². The monoisotopic (exact) mass is 323 g/mol. The van der Waals surface area contributed by atoms with E-state index in [0.29, 0.717) is 12.4 Å². The number of hydrogen-bond donors (Lipinski definition) is 0. The number of anilines is 1. The van der Waals surface area contributed by atoms with Crippen LogP contribution in [0, 0.1) is 0 Å². The summed E-state index contributed by atoms with van der Waals surface area (Å²) < 4.78 is 5.72. The molecule has 0 amide bonds. The van der Waals surface area contributed by atoms with Crippen molar-refractivity contribution in [2.75, 3.05) is 18.0 Å². The minimum absolute atomic E-state index is 0.0955. The van der Waals surface area contributed by atoms with E-state index in [-0.39, 0.29) is 6.10 Å². The van der Waals surface area contributed by atoms with Gasteiger partial charge in [-0.25, -0.2) is 15.0 Å². The molecule has 2 aromatic heterocycles. The minimum atomic E-state index is 0.0955. The zero-order valence-corrected chi connectivity index (χ0v) is 14.1. The number of aromatic nitrogens is 3. The van der Waals surface area contributed by atoms with Crippen LogP contribution in [0.2, 0.25) is 0 Å². The van der Waals surface area contributed by atoms with Gasteiger partial charge in [-0.05, 0) is 26.7 Å². The van der Waals surface area contributed by atoms with Crippen LogP contribution >= 0.6 is 0 Å². The summed E-state index contributed by atoms with van der Waals surface area (Å²) in [5.74, 6) is 1.62. The summed E-state index contributed by atoms with van der Waals surface area (Å²) in [5, 5.41) is 0. The molecule has 6 heteroatoms. The van der Waals surface area contributed by atoms with Crippen molar-refractivity contribution in [3.63, 3.8) is 0 Å². The molecule has 0 unspecified atom stereocenters. The second-order valence-electron chi connectivity index (χ2n) is 6.47. The van der Waals surface area contributed by atoms with Crippen LogP contribution < -0.4 is 9.64 Å². The fourth-order valence-electron chi connectivity index (χ4n) is 3.18. The molecular formula is C18H21N5O. The van der Waals surface area contributed by atoms with Gasteiger partial charge in [0.25, 0.3) is 0 Å². The highest BCUT2D eigenvalue weighted by atomic mass is 16.5. The van der Waals surface area contributed by atoms with Gasteiger partial charge in [0.1, 0.15) is 12.1 Å². The molecule has 1 fully saturated rings. The summed E-state index contributed by atoms with van der Waals surface area (Å²) in [7, 11) is 0. The van der Waals surface area contributed by atoms with Crippen molar-refractivity contribution in [1.82, 2.24) is 15.0 Å². The Kier molecular flexibility index (Phi) is 3.88. The third kappa shape index (κ3) is 2.84. The molecule has 0 N–H and O–H groups in total. The lowest BCUT2D eigenvalue weighted by Crippen LogP contribution is -2.20. The molecule has 0 saturated carbocycles. The fraction of sp³-hybridized carbons (Fsp3) is 0.444. The molecule has 24 heavy (non-hydrogen) atoms. The maximum absolute atomic E-state index is 5.72. The van der Waals surface area contributed by atoms with E-state index in [1.165, 1.54) is 12.8 Å². The van der Waals surface area contributed by atoms with Crippen molar-refractivity contribution in [2.45, 2.75) is 39.3 Å². The Morgan fingerprint density at radius 3 is 2.71 bits per heavy atom. The van der Waals surface area contributed by atoms with Crippen molar-refractivity contribution in [2.24, 2.45) is 4.99 Å². The maximum Gasteiger partial charge on any atom is 0.214 e. The lowest BCUT2D eigenvalue weighted by Gasteiger charge is -2.16. The highest BCUT2D eigenvalue weighted by Gasteiger charge is 2.22. The highest BCUT2D eigenvalue weighted by molar-refractivity contribution is 6.14. The SMILES string of the molecule is CC(C)Oc1cc2c(cn1)CN=C2c1cc(N2CCCC2)ncn1. The summed E-state index contributed by atoms with van der Waals surface area (Å²) in [6.45, 7) is 6.77. The van der Waals surface area contributed by atoms with Crippen molar-refractivity contribution < 1.29 is 4.74 Å². The Morgan fingerprint density at radius 1 is 1.08 bits per heavy atom. The molecule has 4 heterocycles. The highest BCUT2D eigenvalue weighted by Crippen LogP contribution is 2.26. The average molecular weight is 323 g/mol. The van der Waals surface area contributed by atoms with Gasteiger partial charge in [-0.1, -0.05) is 0 Å². The van der Waals surface area contributed by atoms with Crippen LogP contribution in [0.3, 0.4) is 0 Å². The first-order chi connectivity index (χ1) is 11.7. The molecule has 0 bridgehead atoms. The van der Waals surface area contributed by atoms with Crippen molar-refractivity contribution in [3.05, 3.63) is 41.5 Å². The zero-order valence-electron chi connectivity index (χ0n) is 14.1. The molecule has 0 aromatic carbocycles. The number of pyridine rings is 1. The fourth-order valence-corrected chi connectivity index (χ4v) is 3.18. The third-order valence-corrected chi connectivity index (χ3v) is 4.31. The molecule has 0 aliphatic carbocycles. The largest absolute Gasteiger partial charge is 0.475 e. The Hall–Kier alpha value is -2.50. The first kappa shape index (κ1) is 15.1. The van der Waals surface area contributed by atoms with E-state index in [1.54, 1.807) is 6.33 Å². The third-order valence-electron chi connectivity index (χ3n) is 4.31. The van der Waals surface area contributed by atoms with Crippen molar-refractivity contribution in [3.8, 4) is 5.88 Å². The average Bonchev–Trinajstić information content (AvgIpc) is 3.24. The molecule has 124 valence electrons. The van der Waals surface area contributed by atoms with E-state index in [4.69, 9.17) is 4.74 Å². The number of nitrogens with zero attached hydrogens (tertiary/aromatic N) is 5. The molecular weight excluding hydrogens is 302 g/mol. The van der Waals surface area contributed by atoms with Crippen LogP contribution in [-0.2, 0) is 6.54 Å². The predicted molar refractivity (Wildman–Crippen MR) is 92.8 cm³/mol. The van der Waals surface area contributed by atoms with Crippen LogP contribution in [-0.4, -0.2) is 39.9 Å². The molecule has 0 radical (unpaired) electrons. The summed E-state index contributed by atoms with van der Waals surface area (Å²) in [4.78, 5) is 20.2. The van der Waals surface area contributed by atoms with Gasteiger partial charge in [0.05, 0.1) is 24.1 Å². The number of ether oxygens (including phenoxy) is 1. The van der Waals surface area contributed by atoms with Gasteiger partial charge in [0.15, 0.2) is 0 Å². The summed E-state index contributed by atoms with van der Waals surface area (Å²) in [6, 6.07) is 4.02. The number of hydrogen-bond acceptors (Lipinski definition) is 6. The normalized spacial score (nSPS) is 16.5. The summed E-state index contributed by atoms with van der Waals surface area (Å²) >= 11 is 0. The quantitative estimate of drug-likeness (QED) is 0.865. The van der Waals surface area contributed by atoms with Gasteiger partial charge >= 0.3 is 0 Å². The summed E-state index contributed by atoms with van der Waals surface area (Å²) in [6.07, 6.45) is 6.04. The van der Waals surface area contributed by atoms with E-state index in [2.05, 4.69) is 24.8 Å². The molecule has 2 aromatic rings. The standard InChI is InChI=1S/C18H21N5O/c1-12(2)24-17-7-14-13(9-19-17)10-20-18(14)15-8-16(22-11-21-15)23-5-3-4-6-23/h7-9,11-12H,3-6,10H2,1-2H3. The van der Waals surface area contributed by atoms with Gasteiger partial charge in [-0.3, -0.25) is 4.99 Å². The van der Waals surface area contributed by atoms with Gasteiger partial charge in [0, 0.05) is 42.5 Å². The van der Waals surface area contributed by atoms with Crippen molar-refractivity contribution >= 4 is 11.5 Å². The molecule has 6 nitrogen and oxygen atoms in total. The number of aliphatic imine (C=N–C) groups is 1. The molecule has 2 aliphatic heterocycles. The van der Waals surface area contributed by atoms with Gasteiger partial charge in [-0.15, -0.1) is 0 Å². The smallest absolute Gasteiger partial charge is 0.214 e. The molecule has 0 spiro atoms. The van der Waals surface area contributed by atoms with E-state index in [9.17, 15) is 0 Å². The maximum atomic E-state index is 5.72. The lowest BCUT2D eigenvalue weighted by molar-refractivity contribution is 0.232. The second kappa shape index (κ2) is 6.19. The minimum Gasteiger partial charge on any atom is -0.475 e. The predicted octanol–water partition coefficient (Wildman–Crippen LogP) is 2.61. The second-order valence-corrected chi connectivity index (χ2v) is 6.47. The Labute approximate surface area is 141 Å². The lowest BCUT2D eigenvalue weighted by atomic mass is 10.1. The molecule has 2 aliphatic rings. The van der Waals surface area contributed by atoms with Crippen LogP contribution in [0.15, 0.2) is 29.6 Å². The van der Waals surface area contributed by atoms with E-state index in [1.807, 2.05) is 32.2 Å². The van der Waals surface area contributed by atoms with E-state index >= 15 is 0 Å². The van der Waals surface area contributed by atoms with Gasteiger partial charge in [-0.2, -0.15) is 0 Å². The molecule has 0 atom stereocenters. The van der Waals surface area contributed by atoms with Crippen molar-refractivity contribution in [1.29, 1.82) is 0 Å². The van der Waals surface area contributed by atoms with Crippen LogP contribution in [0.4, 0.5) is 5.82 Å². The molecule has 1 saturated heterocycles. The zero-order chi connectivity index (χ0) is 16.5. The summed E-state index contributed by atoms with van der Waals surface area (Å²) in [5.41, 5.74) is 3.95. The van der Waals surface area contributed by atoms with Gasteiger partial charge < -0.3 is 9.64 Å². The van der Waals surface area contributed by atoms with E-state index < -0.39 is 0 Å². The molecule has 4 rings (SSSR count). The number of rotatable bonds is 4. The van der Waals surface area contributed by atoms with Crippen LogP contribution in [0.1, 0.15) is 43.5 Å². The first-order valence-electron chi connectivity index (χ1n) is 8.48. The van der Waals surface area contributed by atoms with Crippen LogP contribution in [0.25, 0.3) is 0 Å². The Bertz CT molecular complexity index is 781. The Balaban J connectivity index is 1.66. The Morgan fingerprint density at radius 2 is 1.92 bits per heavy atom. The number of fused-ring (bicyclic) bond motifs is 1.